The Morgan fingerprint density at radius 2 is 2.05 bits per heavy atom. The van der Waals surface area contributed by atoms with Gasteiger partial charge in [-0.25, -0.2) is 4.79 Å². The highest BCUT2D eigenvalue weighted by Crippen LogP contribution is 2.28. The van der Waals surface area contributed by atoms with Crippen LogP contribution in [0.4, 0.5) is 11.4 Å². The van der Waals surface area contributed by atoms with Gasteiger partial charge in [-0.3, -0.25) is 14.9 Å². The summed E-state index contributed by atoms with van der Waals surface area (Å²) in [7, 11) is 3.06. The Labute approximate surface area is 108 Å². The summed E-state index contributed by atoms with van der Waals surface area (Å²) in [5.41, 5.74) is -0.803. The van der Waals surface area contributed by atoms with Crippen LogP contribution in [0.25, 0.3) is 0 Å². The maximum Gasteiger partial charge on any atom is 0.338 e. The number of benzene rings is 1. The number of nitro benzene ring substituents is 1. The summed E-state index contributed by atoms with van der Waals surface area (Å²) < 4.78 is 0. The molecule has 8 nitrogen and oxygen atoms in total. The number of amides is 1. The van der Waals surface area contributed by atoms with Gasteiger partial charge in [0.05, 0.1) is 17.0 Å². The molecule has 0 aromatic heterocycles. The third kappa shape index (κ3) is 3.41. The molecule has 1 aromatic rings. The van der Waals surface area contributed by atoms with Crippen LogP contribution in [0.5, 0.6) is 0 Å². The number of likely N-dealkylation sites (N-methyl/N-ethyl adjacent to an activating group) is 1. The minimum atomic E-state index is -1.30. The quantitative estimate of drug-likeness (QED) is 0.602. The highest BCUT2D eigenvalue weighted by molar-refractivity contribution is 5.97. The predicted octanol–water partition coefficient (Wildman–Crippen LogP) is 0.793. The molecular weight excluding hydrogens is 254 g/mol. The van der Waals surface area contributed by atoms with Crippen molar-refractivity contribution < 1.29 is 19.6 Å². The maximum absolute atomic E-state index is 11.4. The van der Waals surface area contributed by atoms with Gasteiger partial charge in [0.15, 0.2) is 0 Å². The number of carboxylic acid groups (broad SMARTS) is 1. The standard InChI is InChI=1S/C11H13N3O5/c1-13(2)9(15)6-12-10-7(11(16)17)4-3-5-8(10)14(18)19/h3-5,12H,6H2,1-2H3,(H,16,17). The van der Waals surface area contributed by atoms with E-state index in [0.29, 0.717) is 0 Å². The van der Waals surface area contributed by atoms with Crippen LogP contribution in [0.15, 0.2) is 18.2 Å². The smallest absolute Gasteiger partial charge is 0.338 e. The molecule has 0 fully saturated rings. The van der Waals surface area contributed by atoms with Gasteiger partial charge in [0.2, 0.25) is 5.91 Å². The van der Waals surface area contributed by atoms with E-state index in [2.05, 4.69) is 5.32 Å². The molecule has 2 N–H and O–H groups in total. The fourth-order valence-corrected chi connectivity index (χ4v) is 1.38. The van der Waals surface area contributed by atoms with Crippen molar-refractivity contribution in [2.45, 2.75) is 0 Å². The zero-order valence-electron chi connectivity index (χ0n) is 10.4. The van der Waals surface area contributed by atoms with Crippen molar-refractivity contribution >= 4 is 23.3 Å². The summed E-state index contributed by atoms with van der Waals surface area (Å²) in [6.07, 6.45) is 0. The average molecular weight is 267 g/mol. The fourth-order valence-electron chi connectivity index (χ4n) is 1.38. The van der Waals surface area contributed by atoms with Crippen LogP contribution in [0.1, 0.15) is 10.4 Å². The topological polar surface area (TPSA) is 113 Å². The minimum Gasteiger partial charge on any atom is -0.478 e. The van der Waals surface area contributed by atoms with Crippen molar-refractivity contribution in [3.8, 4) is 0 Å². The van der Waals surface area contributed by atoms with Gasteiger partial charge >= 0.3 is 5.97 Å². The highest BCUT2D eigenvalue weighted by Gasteiger charge is 2.21. The molecule has 0 spiro atoms. The van der Waals surface area contributed by atoms with E-state index in [-0.39, 0.29) is 29.4 Å². The van der Waals surface area contributed by atoms with Crippen molar-refractivity contribution in [2.24, 2.45) is 0 Å². The molecule has 1 amide bonds. The van der Waals surface area contributed by atoms with Gasteiger partial charge < -0.3 is 15.3 Å². The van der Waals surface area contributed by atoms with E-state index < -0.39 is 10.9 Å². The van der Waals surface area contributed by atoms with E-state index in [0.717, 1.165) is 0 Å². The van der Waals surface area contributed by atoms with E-state index in [1.54, 1.807) is 0 Å². The first-order valence-corrected chi connectivity index (χ1v) is 5.29. The van der Waals surface area contributed by atoms with Gasteiger partial charge in [0.25, 0.3) is 5.69 Å². The van der Waals surface area contributed by atoms with Crippen molar-refractivity contribution in [1.29, 1.82) is 0 Å². The van der Waals surface area contributed by atoms with Crippen LogP contribution >= 0.6 is 0 Å². The van der Waals surface area contributed by atoms with Crippen LogP contribution < -0.4 is 5.32 Å². The average Bonchev–Trinajstić information content (AvgIpc) is 2.34. The number of rotatable bonds is 5. The first kappa shape index (κ1) is 14.4. The molecule has 0 aliphatic rings. The van der Waals surface area contributed by atoms with E-state index in [1.165, 1.54) is 37.2 Å². The number of aromatic carboxylic acids is 1. The van der Waals surface area contributed by atoms with Crippen molar-refractivity contribution in [2.75, 3.05) is 26.0 Å². The van der Waals surface area contributed by atoms with Gasteiger partial charge in [0, 0.05) is 20.2 Å². The lowest BCUT2D eigenvalue weighted by molar-refractivity contribution is -0.384. The van der Waals surface area contributed by atoms with E-state index >= 15 is 0 Å². The van der Waals surface area contributed by atoms with Gasteiger partial charge in [-0.1, -0.05) is 6.07 Å². The molecular formula is C11H13N3O5. The molecule has 0 atom stereocenters. The largest absolute Gasteiger partial charge is 0.478 e. The van der Waals surface area contributed by atoms with Crippen LogP contribution in [0.3, 0.4) is 0 Å². The highest BCUT2D eigenvalue weighted by atomic mass is 16.6. The van der Waals surface area contributed by atoms with E-state index in [1.807, 2.05) is 0 Å². The van der Waals surface area contributed by atoms with Gasteiger partial charge in [-0.2, -0.15) is 0 Å². The maximum atomic E-state index is 11.4. The lowest BCUT2D eigenvalue weighted by Gasteiger charge is -2.13. The van der Waals surface area contributed by atoms with Crippen LogP contribution in [-0.4, -0.2) is 47.4 Å². The number of nitrogens with zero attached hydrogens (tertiary/aromatic N) is 2. The molecule has 0 radical (unpaired) electrons. The molecule has 0 aliphatic heterocycles. The molecule has 0 bridgehead atoms. The second kappa shape index (κ2) is 5.80. The number of carbonyl (C=O) groups excluding carboxylic acids is 1. The Hall–Kier alpha value is -2.64. The van der Waals surface area contributed by atoms with Crippen molar-refractivity contribution in [3.63, 3.8) is 0 Å². The van der Waals surface area contributed by atoms with Gasteiger partial charge in [0.1, 0.15) is 5.69 Å². The van der Waals surface area contributed by atoms with Crippen molar-refractivity contribution in [3.05, 3.63) is 33.9 Å². The van der Waals surface area contributed by atoms with E-state index in [4.69, 9.17) is 5.11 Å². The zero-order chi connectivity index (χ0) is 14.6. The van der Waals surface area contributed by atoms with Crippen LogP contribution in [0, 0.1) is 10.1 Å². The number of hydrogen-bond donors (Lipinski definition) is 2. The number of anilines is 1. The summed E-state index contributed by atoms with van der Waals surface area (Å²) in [4.78, 5) is 33.9. The molecule has 1 rings (SSSR count). The second-order valence-corrected chi connectivity index (χ2v) is 3.90. The molecule has 102 valence electrons. The van der Waals surface area contributed by atoms with Gasteiger partial charge in [-0.15, -0.1) is 0 Å². The Balaban J connectivity index is 3.11. The normalized spacial score (nSPS) is 9.79. The third-order valence-corrected chi connectivity index (χ3v) is 2.38. The molecule has 8 heteroatoms. The Kier molecular flexibility index (Phi) is 4.41. The predicted molar refractivity (Wildman–Crippen MR) is 67.2 cm³/mol. The number of para-hydroxylation sites is 1. The number of carbonyl (C=O) groups is 2. The Morgan fingerprint density at radius 3 is 2.53 bits per heavy atom. The Morgan fingerprint density at radius 1 is 1.42 bits per heavy atom. The molecule has 19 heavy (non-hydrogen) atoms. The Bertz CT molecular complexity index is 495. The SMILES string of the molecule is CN(C)C(=O)CNc1c(C(=O)O)cccc1[N+](=O)[O-]. The molecule has 0 saturated carbocycles. The lowest BCUT2D eigenvalue weighted by atomic mass is 10.1. The molecule has 0 unspecified atom stereocenters. The lowest BCUT2D eigenvalue weighted by Crippen LogP contribution is -2.29. The minimum absolute atomic E-state index is 0.171. The second-order valence-electron chi connectivity index (χ2n) is 3.90. The van der Waals surface area contributed by atoms with Crippen LogP contribution in [0.2, 0.25) is 0 Å². The third-order valence-electron chi connectivity index (χ3n) is 2.38. The number of carboxylic acids is 1. The number of nitro groups is 1. The van der Waals surface area contributed by atoms with Crippen LogP contribution in [-0.2, 0) is 4.79 Å². The number of nitrogens with one attached hydrogen (secondary N) is 1. The first-order chi connectivity index (χ1) is 8.84. The summed E-state index contributed by atoms with van der Waals surface area (Å²) in [6, 6.07) is 3.69. The molecule has 0 heterocycles. The summed E-state index contributed by atoms with van der Waals surface area (Å²) in [5, 5.41) is 22.4. The zero-order valence-corrected chi connectivity index (χ0v) is 10.4. The van der Waals surface area contributed by atoms with Gasteiger partial charge in [-0.05, 0) is 6.07 Å². The fraction of sp³-hybridized carbons (Fsp3) is 0.273. The molecule has 0 aliphatic carbocycles. The first-order valence-electron chi connectivity index (χ1n) is 5.29. The molecule has 0 saturated heterocycles. The monoisotopic (exact) mass is 267 g/mol. The summed E-state index contributed by atoms with van der Waals surface area (Å²) in [5.74, 6) is -1.63. The summed E-state index contributed by atoms with van der Waals surface area (Å²) in [6.45, 7) is -0.224. The number of hydrogen-bond acceptors (Lipinski definition) is 5. The molecule has 1 aromatic carbocycles. The van der Waals surface area contributed by atoms with Crippen molar-refractivity contribution in [1.82, 2.24) is 4.90 Å². The van der Waals surface area contributed by atoms with E-state index in [9.17, 15) is 19.7 Å². The summed E-state index contributed by atoms with van der Waals surface area (Å²) >= 11 is 0.